The maximum atomic E-state index is 12.0. The number of hydrogen-bond donors (Lipinski definition) is 0. The van der Waals surface area contributed by atoms with Gasteiger partial charge in [-0.25, -0.2) is 0 Å². The molecule has 1 heterocycles. The van der Waals surface area contributed by atoms with Crippen LogP contribution in [0, 0.1) is 0 Å². The minimum Gasteiger partial charge on any atom is -0.461 e. The van der Waals surface area contributed by atoms with Crippen LogP contribution in [0.1, 0.15) is 11.1 Å². The number of aromatic nitrogens is 1. The zero-order valence-corrected chi connectivity index (χ0v) is 14.1. The summed E-state index contributed by atoms with van der Waals surface area (Å²) in [6, 6.07) is 21.5. The average molecular weight is 332 g/mol. The second-order valence-electron chi connectivity index (χ2n) is 5.75. The number of pyridine rings is 1. The van der Waals surface area contributed by atoms with Crippen LogP contribution in [0.15, 0.2) is 79.1 Å². The molecule has 0 amide bonds. The van der Waals surface area contributed by atoms with Crippen LogP contribution in [0.3, 0.4) is 0 Å². The van der Waals surface area contributed by atoms with Crippen molar-refractivity contribution in [1.29, 1.82) is 0 Å². The largest absolute Gasteiger partial charge is 0.461 e. The molecule has 0 aliphatic carbocycles. The maximum Gasteiger partial charge on any atom is 0.310 e. The summed E-state index contributed by atoms with van der Waals surface area (Å²) >= 11 is 0. The Bertz CT molecular complexity index is 802. The average Bonchev–Trinajstić information content (AvgIpc) is 2.68. The van der Waals surface area contributed by atoms with Gasteiger partial charge in [-0.15, -0.1) is 0 Å². The number of esters is 1. The third kappa shape index (κ3) is 4.67. The monoisotopic (exact) mass is 332 g/mol. The fourth-order valence-corrected chi connectivity index (χ4v) is 2.51. The van der Waals surface area contributed by atoms with Gasteiger partial charge < -0.3 is 9.64 Å². The molecule has 0 N–H and O–H groups in total. The molecule has 0 saturated heterocycles. The number of carbonyl (C=O) groups is 1. The quantitative estimate of drug-likeness (QED) is 0.636. The van der Waals surface area contributed by atoms with Gasteiger partial charge in [-0.3, -0.25) is 9.78 Å². The first-order valence-electron chi connectivity index (χ1n) is 8.14. The molecule has 25 heavy (non-hydrogen) atoms. The van der Waals surface area contributed by atoms with Gasteiger partial charge in [0.1, 0.15) is 6.61 Å². The minimum absolute atomic E-state index is 0.223. The van der Waals surface area contributed by atoms with Gasteiger partial charge in [-0.2, -0.15) is 0 Å². The van der Waals surface area contributed by atoms with Crippen molar-refractivity contribution in [3.63, 3.8) is 0 Å². The minimum atomic E-state index is -0.223. The van der Waals surface area contributed by atoms with Gasteiger partial charge in [0, 0.05) is 30.8 Å². The predicted molar refractivity (Wildman–Crippen MR) is 98.7 cm³/mol. The molecular weight excluding hydrogens is 312 g/mol. The third-order valence-corrected chi connectivity index (χ3v) is 3.96. The van der Waals surface area contributed by atoms with Crippen molar-refractivity contribution >= 4 is 17.3 Å². The first-order valence-corrected chi connectivity index (χ1v) is 8.14. The summed E-state index contributed by atoms with van der Waals surface area (Å²) in [5, 5.41) is 0. The summed E-state index contributed by atoms with van der Waals surface area (Å²) in [5.41, 5.74) is 4.03. The SMILES string of the molecule is CN(c1ccncc1)c1ccc(CC(=O)OCc2ccccc2)cc1. The lowest BCUT2D eigenvalue weighted by molar-refractivity contribution is -0.144. The zero-order valence-electron chi connectivity index (χ0n) is 14.1. The molecule has 0 atom stereocenters. The van der Waals surface area contributed by atoms with Gasteiger partial charge in [-0.05, 0) is 35.4 Å². The molecule has 0 unspecified atom stereocenters. The molecule has 0 bridgehead atoms. The molecule has 3 aromatic rings. The van der Waals surface area contributed by atoms with Gasteiger partial charge in [-0.1, -0.05) is 42.5 Å². The summed E-state index contributed by atoms with van der Waals surface area (Å²) in [4.78, 5) is 18.1. The number of benzene rings is 2. The first kappa shape index (κ1) is 16.7. The molecular formula is C21H20N2O2. The molecule has 4 nitrogen and oxygen atoms in total. The molecule has 4 heteroatoms. The number of nitrogens with zero attached hydrogens (tertiary/aromatic N) is 2. The number of anilines is 2. The zero-order chi connectivity index (χ0) is 17.5. The highest BCUT2D eigenvalue weighted by Gasteiger charge is 2.07. The van der Waals surface area contributed by atoms with Crippen LogP contribution in [-0.4, -0.2) is 18.0 Å². The summed E-state index contributed by atoms with van der Waals surface area (Å²) < 4.78 is 5.32. The van der Waals surface area contributed by atoms with E-state index in [0.29, 0.717) is 6.61 Å². The van der Waals surface area contributed by atoms with E-state index in [1.165, 1.54) is 0 Å². The molecule has 0 aliphatic heterocycles. The van der Waals surface area contributed by atoms with Gasteiger partial charge in [0.2, 0.25) is 0 Å². The van der Waals surface area contributed by atoms with Crippen molar-refractivity contribution in [3.8, 4) is 0 Å². The van der Waals surface area contributed by atoms with Crippen LogP contribution in [0.4, 0.5) is 11.4 Å². The van der Waals surface area contributed by atoms with Crippen LogP contribution < -0.4 is 4.90 Å². The van der Waals surface area contributed by atoms with Crippen LogP contribution >= 0.6 is 0 Å². The number of hydrogen-bond acceptors (Lipinski definition) is 4. The van der Waals surface area contributed by atoms with Crippen LogP contribution in [-0.2, 0) is 22.6 Å². The van der Waals surface area contributed by atoms with Crippen molar-refractivity contribution in [1.82, 2.24) is 4.98 Å². The van der Waals surface area contributed by atoms with Gasteiger partial charge in [0.25, 0.3) is 0 Å². The van der Waals surface area contributed by atoms with Crippen molar-refractivity contribution < 1.29 is 9.53 Å². The van der Waals surface area contributed by atoms with E-state index >= 15 is 0 Å². The lowest BCUT2D eigenvalue weighted by atomic mass is 10.1. The Kier molecular flexibility index (Phi) is 5.42. The Labute approximate surface area is 147 Å². The van der Waals surface area contributed by atoms with E-state index in [2.05, 4.69) is 9.88 Å². The van der Waals surface area contributed by atoms with Crippen molar-refractivity contribution in [3.05, 3.63) is 90.3 Å². The van der Waals surface area contributed by atoms with Gasteiger partial charge in [0.05, 0.1) is 6.42 Å². The second kappa shape index (κ2) is 8.11. The van der Waals surface area contributed by atoms with E-state index in [1.54, 1.807) is 12.4 Å². The first-order chi connectivity index (χ1) is 12.2. The van der Waals surface area contributed by atoms with Crippen molar-refractivity contribution in [2.45, 2.75) is 13.0 Å². The topological polar surface area (TPSA) is 42.4 Å². The van der Waals surface area contributed by atoms with Crippen LogP contribution in [0.5, 0.6) is 0 Å². The summed E-state index contributed by atoms with van der Waals surface area (Å²) in [6.45, 7) is 0.308. The third-order valence-electron chi connectivity index (χ3n) is 3.96. The highest BCUT2D eigenvalue weighted by atomic mass is 16.5. The smallest absolute Gasteiger partial charge is 0.310 e. The van der Waals surface area contributed by atoms with E-state index in [4.69, 9.17) is 4.74 Å². The fourth-order valence-electron chi connectivity index (χ4n) is 2.51. The Hall–Kier alpha value is -3.14. The molecule has 3 rings (SSSR count). The molecule has 0 spiro atoms. The lowest BCUT2D eigenvalue weighted by Gasteiger charge is -2.19. The predicted octanol–water partition coefficient (Wildman–Crippen LogP) is 4.14. The summed E-state index contributed by atoms with van der Waals surface area (Å²) in [7, 11) is 2.00. The van der Waals surface area contributed by atoms with Crippen molar-refractivity contribution in [2.24, 2.45) is 0 Å². The van der Waals surface area contributed by atoms with Crippen molar-refractivity contribution in [2.75, 3.05) is 11.9 Å². The van der Waals surface area contributed by atoms with Gasteiger partial charge >= 0.3 is 5.97 Å². The molecule has 0 fully saturated rings. The Morgan fingerprint density at radius 3 is 2.20 bits per heavy atom. The van der Waals surface area contributed by atoms with E-state index in [9.17, 15) is 4.79 Å². The van der Waals surface area contributed by atoms with E-state index < -0.39 is 0 Å². The van der Waals surface area contributed by atoms with E-state index in [-0.39, 0.29) is 12.4 Å². The number of carbonyl (C=O) groups excluding carboxylic acids is 1. The second-order valence-corrected chi connectivity index (χ2v) is 5.75. The Balaban J connectivity index is 1.56. The standard InChI is InChI=1S/C21H20N2O2/c1-23(20-11-13-22-14-12-20)19-9-7-17(8-10-19)15-21(24)25-16-18-5-3-2-4-6-18/h2-14H,15-16H2,1H3. The highest BCUT2D eigenvalue weighted by Crippen LogP contribution is 2.23. The van der Waals surface area contributed by atoms with E-state index in [1.807, 2.05) is 73.8 Å². The molecule has 0 radical (unpaired) electrons. The van der Waals surface area contributed by atoms with E-state index in [0.717, 1.165) is 22.5 Å². The van der Waals surface area contributed by atoms with Crippen LogP contribution in [0.2, 0.25) is 0 Å². The van der Waals surface area contributed by atoms with Crippen LogP contribution in [0.25, 0.3) is 0 Å². The normalized spacial score (nSPS) is 10.3. The number of ether oxygens (including phenoxy) is 1. The molecule has 2 aromatic carbocycles. The summed E-state index contributed by atoms with van der Waals surface area (Å²) in [6.07, 6.45) is 3.80. The molecule has 126 valence electrons. The number of rotatable bonds is 6. The molecule has 1 aromatic heterocycles. The van der Waals surface area contributed by atoms with Gasteiger partial charge in [0.15, 0.2) is 0 Å². The highest BCUT2D eigenvalue weighted by molar-refractivity contribution is 5.73. The molecule has 0 aliphatic rings. The molecule has 0 saturated carbocycles. The Morgan fingerprint density at radius 2 is 1.52 bits per heavy atom. The fraction of sp³-hybridized carbons (Fsp3) is 0.143. The lowest BCUT2D eigenvalue weighted by Crippen LogP contribution is -2.10. The Morgan fingerprint density at radius 1 is 0.880 bits per heavy atom. The summed E-state index contributed by atoms with van der Waals surface area (Å²) in [5.74, 6) is -0.223. The maximum absolute atomic E-state index is 12.0.